The topological polar surface area (TPSA) is 38.7 Å². The van der Waals surface area contributed by atoms with Crippen LogP contribution in [0.5, 0.6) is 5.75 Å². The van der Waals surface area contributed by atoms with Crippen molar-refractivity contribution in [2.24, 2.45) is 5.92 Å². The molecule has 0 bridgehead atoms. The summed E-state index contributed by atoms with van der Waals surface area (Å²) >= 11 is 0. The highest BCUT2D eigenvalue weighted by molar-refractivity contribution is 5.65. The molecule has 0 radical (unpaired) electrons. The van der Waals surface area contributed by atoms with Crippen molar-refractivity contribution in [3.63, 3.8) is 0 Å². The lowest BCUT2D eigenvalue weighted by Gasteiger charge is -2.29. The lowest BCUT2D eigenvalue weighted by molar-refractivity contribution is 0.136. The zero-order valence-corrected chi connectivity index (χ0v) is 20.3. The molecule has 3 nitrogen and oxygen atoms in total. The SMILES string of the molecule is C=C(/C=C(/F)C(=C)OCC1CCC(c2ccc(-c3ccc(O)cc3)c(F)c2F)CC1)OC.C=CC. The number of allylic oxidation sites excluding steroid dienone is 3. The monoisotopic (exact) mass is 486 g/mol. The van der Waals surface area contributed by atoms with Gasteiger partial charge in [-0.15, -0.1) is 6.58 Å². The van der Waals surface area contributed by atoms with Crippen LogP contribution in [0.3, 0.4) is 0 Å². The molecule has 1 aliphatic carbocycles. The van der Waals surface area contributed by atoms with Gasteiger partial charge < -0.3 is 14.6 Å². The van der Waals surface area contributed by atoms with Crippen molar-refractivity contribution in [1.82, 2.24) is 0 Å². The normalized spacial score (nSPS) is 17.6. The molecular weight excluding hydrogens is 453 g/mol. The van der Waals surface area contributed by atoms with Crippen molar-refractivity contribution < 1.29 is 27.8 Å². The van der Waals surface area contributed by atoms with Crippen molar-refractivity contribution in [3.8, 4) is 16.9 Å². The van der Waals surface area contributed by atoms with E-state index in [-0.39, 0.29) is 34.7 Å². The second kappa shape index (κ2) is 13.5. The van der Waals surface area contributed by atoms with Crippen LogP contribution in [0.4, 0.5) is 13.2 Å². The Labute approximate surface area is 205 Å². The molecule has 0 unspecified atom stereocenters. The van der Waals surface area contributed by atoms with Gasteiger partial charge in [0.05, 0.1) is 13.7 Å². The van der Waals surface area contributed by atoms with E-state index in [1.807, 2.05) is 6.92 Å². The minimum Gasteiger partial charge on any atom is -0.508 e. The number of methoxy groups -OCH3 is 1. The van der Waals surface area contributed by atoms with E-state index >= 15 is 0 Å². The first-order valence-electron chi connectivity index (χ1n) is 11.5. The molecule has 0 spiro atoms. The zero-order valence-electron chi connectivity index (χ0n) is 20.3. The zero-order chi connectivity index (χ0) is 26.0. The Balaban J connectivity index is 0.00000137. The van der Waals surface area contributed by atoms with Crippen LogP contribution in [0.1, 0.15) is 44.1 Å². The molecule has 2 aromatic rings. The molecule has 0 heterocycles. The van der Waals surface area contributed by atoms with E-state index in [0.29, 0.717) is 30.6 Å². The fraction of sp³-hybridized carbons (Fsp3) is 0.310. The van der Waals surface area contributed by atoms with Gasteiger partial charge in [0.2, 0.25) is 0 Å². The fourth-order valence-corrected chi connectivity index (χ4v) is 3.95. The third kappa shape index (κ3) is 7.81. The lowest BCUT2D eigenvalue weighted by Crippen LogP contribution is -2.19. The second-order valence-electron chi connectivity index (χ2n) is 8.40. The van der Waals surface area contributed by atoms with E-state index in [1.54, 1.807) is 30.3 Å². The standard InChI is InChI=1S/C26H27F3O3.C3H6/c1-16(31-3)14-24(27)17(2)32-15-18-4-6-19(7-5-18)22-12-13-23(26(29)25(22)28)20-8-10-21(30)11-9-20;1-3-2/h8-14,18-19,30H,1-2,4-7,15H2,3H3;3H,1H2,2H3/b24-14+;. The molecule has 0 amide bonds. The van der Waals surface area contributed by atoms with E-state index < -0.39 is 17.5 Å². The number of halogens is 3. The summed E-state index contributed by atoms with van der Waals surface area (Å²) in [5.41, 5.74) is 1.04. The summed E-state index contributed by atoms with van der Waals surface area (Å²) in [6.45, 7) is 12.7. The minimum atomic E-state index is -0.880. The van der Waals surface area contributed by atoms with E-state index in [4.69, 9.17) is 9.47 Å². The third-order valence-electron chi connectivity index (χ3n) is 5.89. The van der Waals surface area contributed by atoms with Gasteiger partial charge in [0, 0.05) is 11.6 Å². The number of phenols is 1. The summed E-state index contributed by atoms with van der Waals surface area (Å²) in [6.07, 6.45) is 5.75. The van der Waals surface area contributed by atoms with E-state index in [1.165, 1.54) is 19.2 Å². The van der Waals surface area contributed by atoms with E-state index in [9.17, 15) is 18.3 Å². The van der Waals surface area contributed by atoms with Gasteiger partial charge in [0.25, 0.3) is 0 Å². The molecule has 1 fully saturated rings. The first kappa shape index (κ1) is 27.8. The number of benzene rings is 2. The number of aromatic hydroxyl groups is 1. The summed E-state index contributed by atoms with van der Waals surface area (Å²) in [4.78, 5) is 0. The molecule has 2 aromatic carbocycles. The second-order valence-corrected chi connectivity index (χ2v) is 8.40. The molecule has 0 aromatic heterocycles. The van der Waals surface area contributed by atoms with Gasteiger partial charge in [-0.05, 0) is 67.7 Å². The Bertz CT molecular complexity index is 1050. The molecule has 0 aliphatic heterocycles. The molecule has 1 N–H and O–H groups in total. The molecule has 1 saturated carbocycles. The Morgan fingerprint density at radius 3 is 2.20 bits per heavy atom. The minimum absolute atomic E-state index is 0.0646. The molecule has 188 valence electrons. The number of rotatable bonds is 8. The molecule has 3 rings (SSSR count). The van der Waals surface area contributed by atoms with Crippen molar-refractivity contribution in [2.75, 3.05) is 13.7 Å². The Hall–Kier alpha value is -3.41. The molecule has 0 atom stereocenters. The van der Waals surface area contributed by atoms with Crippen LogP contribution in [0.25, 0.3) is 11.1 Å². The van der Waals surface area contributed by atoms with Crippen LogP contribution in [-0.2, 0) is 9.47 Å². The van der Waals surface area contributed by atoms with Crippen molar-refractivity contribution in [2.45, 2.75) is 38.5 Å². The highest BCUT2D eigenvalue weighted by Crippen LogP contribution is 2.39. The predicted molar refractivity (Wildman–Crippen MR) is 134 cm³/mol. The van der Waals surface area contributed by atoms with Crippen molar-refractivity contribution in [1.29, 1.82) is 0 Å². The van der Waals surface area contributed by atoms with Gasteiger partial charge in [-0.3, -0.25) is 0 Å². The van der Waals surface area contributed by atoms with Crippen molar-refractivity contribution in [3.05, 3.63) is 103 Å². The summed E-state index contributed by atoms with van der Waals surface area (Å²) in [5, 5.41) is 9.39. The van der Waals surface area contributed by atoms with E-state index in [0.717, 1.165) is 18.9 Å². The maximum Gasteiger partial charge on any atom is 0.168 e. The van der Waals surface area contributed by atoms with Gasteiger partial charge in [-0.1, -0.05) is 43.5 Å². The fourth-order valence-electron chi connectivity index (χ4n) is 3.95. The Morgan fingerprint density at radius 1 is 1.03 bits per heavy atom. The van der Waals surface area contributed by atoms with Crippen LogP contribution in [0, 0.1) is 17.6 Å². The van der Waals surface area contributed by atoms with Crippen molar-refractivity contribution >= 4 is 0 Å². The smallest absolute Gasteiger partial charge is 0.168 e. The van der Waals surface area contributed by atoms with Crippen LogP contribution >= 0.6 is 0 Å². The average Bonchev–Trinajstić information content (AvgIpc) is 2.85. The van der Waals surface area contributed by atoms with Crippen LogP contribution < -0.4 is 0 Å². The number of hydrogen-bond acceptors (Lipinski definition) is 3. The van der Waals surface area contributed by atoms with Gasteiger partial charge in [-0.2, -0.15) is 0 Å². The van der Waals surface area contributed by atoms with Crippen LogP contribution in [-0.4, -0.2) is 18.8 Å². The number of phenolic OH excluding ortho intramolecular Hbond substituents is 1. The summed E-state index contributed by atoms with van der Waals surface area (Å²) in [7, 11) is 1.39. The van der Waals surface area contributed by atoms with Crippen LogP contribution in [0.2, 0.25) is 0 Å². The van der Waals surface area contributed by atoms with Crippen LogP contribution in [0.15, 0.2) is 85.6 Å². The van der Waals surface area contributed by atoms with Gasteiger partial charge >= 0.3 is 0 Å². The molecular formula is C29H33F3O3. The molecule has 0 saturated heterocycles. The van der Waals surface area contributed by atoms with Gasteiger partial charge in [-0.25, -0.2) is 13.2 Å². The summed E-state index contributed by atoms with van der Waals surface area (Å²) in [6, 6.07) is 9.21. The first-order valence-corrected chi connectivity index (χ1v) is 11.5. The number of ether oxygens (including phenoxy) is 2. The van der Waals surface area contributed by atoms with Gasteiger partial charge in [0.15, 0.2) is 17.5 Å². The third-order valence-corrected chi connectivity index (χ3v) is 5.89. The lowest BCUT2D eigenvalue weighted by atomic mass is 9.78. The first-order chi connectivity index (χ1) is 16.7. The molecule has 6 heteroatoms. The maximum absolute atomic E-state index is 14.9. The predicted octanol–water partition coefficient (Wildman–Crippen LogP) is 8.35. The Kier molecular flexibility index (Phi) is 10.7. The Morgan fingerprint density at radius 2 is 1.63 bits per heavy atom. The summed E-state index contributed by atoms with van der Waals surface area (Å²) < 4.78 is 53.8. The number of hydrogen-bond donors (Lipinski definition) is 1. The molecule has 1 aliphatic rings. The quantitative estimate of drug-likeness (QED) is 0.231. The maximum atomic E-state index is 14.9. The average molecular weight is 487 g/mol. The van der Waals surface area contributed by atoms with E-state index in [2.05, 4.69) is 19.7 Å². The summed E-state index contributed by atoms with van der Waals surface area (Å²) in [5.74, 6) is -2.09. The largest absolute Gasteiger partial charge is 0.508 e. The highest BCUT2D eigenvalue weighted by atomic mass is 19.2. The molecule has 35 heavy (non-hydrogen) atoms. The highest BCUT2D eigenvalue weighted by Gasteiger charge is 2.27. The van der Waals surface area contributed by atoms with Gasteiger partial charge in [0.1, 0.15) is 17.3 Å².